The van der Waals surface area contributed by atoms with Gasteiger partial charge in [-0.25, -0.2) is 4.98 Å². The number of rotatable bonds is 3. The van der Waals surface area contributed by atoms with Gasteiger partial charge in [-0.1, -0.05) is 27.2 Å². The van der Waals surface area contributed by atoms with Crippen LogP contribution in [0.5, 0.6) is 0 Å². The van der Waals surface area contributed by atoms with Gasteiger partial charge in [0.1, 0.15) is 10.3 Å². The summed E-state index contributed by atoms with van der Waals surface area (Å²) in [6.45, 7) is 6.76. The lowest BCUT2D eigenvalue weighted by Crippen LogP contribution is -2.24. The fourth-order valence-corrected chi connectivity index (χ4v) is 3.18. The van der Waals surface area contributed by atoms with E-state index in [2.05, 4.69) is 41.7 Å². The van der Waals surface area contributed by atoms with E-state index in [-0.39, 0.29) is 5.56 Å². The topological polar surface area (TPSA) is 45.8 Å². The zero-order valence-corrected chi connectivity index (χ0v) is 13.6. The van der Waals surface area contributed by atoms with Crippen molar-refractivity contribution in [3.8, 4) is 0 Å². The first-order valence-corrected chi connectivity index (χ1v) is 8.01. The van der Waals surface area contributed by atoms with E-state index in [0.29, 0.717) is 15.8 Å². The van der Waals surface area contributed by atoms with E-state index < -0.39 is 0 Å². The summed E-state index contributed by atoms with van der Waals surface area (Å²) < 4.78 is 0.606. The second kappa shape index (κ2) is 5.78. The smallest absolute Gasteiger partial charge is 0.265 e. The lowest BCUT2D eigenvalue weighted by molar-refractivity contribution is 0.220. The molecule has 1 aromatic rings. The van der Waals surface area contributed by atoms with Gasteiger partial charge in [0.2, 0.25) is 0 Å². The summed E-state index contributed by atoms with van der Waals surface area (Å²) in [5.41, 5.74) is 1.32. The second-order valence-electron chi connectivity index (χ2n) is 6.40. The Labute approximate surface area is 123 Å². The molecule has 1 N–H and O–H groups in total. The van der Waals surface area contributed by atoms with E-state index in [4.69, 9.17) is 4.98 Å². The minimum atomic E-state index is -0.0294. The predicted octanol–water partition coefficient (Wildman–Crippen LogP) is 4.17. The van der Waals surface area contributed by atoms with E-state index >= 15 is 0 Å². The van der Waals surface area contributed by atoms with Crippen LogP contribution in [0.25, 0.3) is 0 Å². The van der Waals surface area contributed by atoms with Crippen molar-refractivity contribution in [3.05, 3.63) is 26.3 Å². The van der Waals surface area contributed by atoms with Crippen molar-refractivity contribution in [1.82, 2.24) is 9.97 Å². The molecule has 0 atom stereocenters. The highest BCUT2D eigenvalue weighted by molar-refractivity contribution is 9.10. The molecule has 19 heavy (non-hydrogen) atoms. The molecule has 0 aromatic carbocycles. The number of nitrogens with one attached hydrogen (secondary N) is 1. The van der Waals surface area contributed by atoms with E-state index in [1.807, 2.05) is 0 Å². The van der Waals surface area contributed by atoms with Crippen molar-refractivity contribution in [3.63, 3.8) is 0 Å². The SMILES string of the molecule is CCCc1nc(C2CCC(C)(C)CC2)[nH]c(=O)c1Br. The summed E-state index contributed by atoms with van der Waals surface area (Å²) in [7, 11) is 0. The average molecular weight is 327 g/mol. The maximum atomic E-state index is 12.0. The van der Waals surface area contributed by atoms with Crippen molar-refractivity contribution in [1.29, 1.82) is 0 Å². The Bertz CT molecular complexity index is 497. The summed E-state index contributed by atoms with van der Waals surface area (Å²) in [6, 6.07) is 0. The molecule has 0 bridgehead atoms. The molecule has 1 aromatic heterocycles. The molecule has 3 nitrogen and oxygen atoms in total. The monoisotopic (exact) mass is 326 g/mol. The van der Waals surface area contributed by atoms with Crippen LogP contribution in [-0.2, 0) is 6.42 Å². The Balaban J connectivity index is 2.24. The number of hydrogen-bond acceptors (Lipinski definition) is 2. The summed E-state index contributed by atoms with van der Waals surface area (Å²) >= 11 is 3.35. The summed E-state index contributed by atoms with van der Waals surface area (Å²) in [5.74, 6) is 1.32. The van der Waals surface area contributed by atoms with Gasteiger partial charge in [0.25, 0.3) is 5.56 Å². The van der Waals surface area contributed by atoms with Gasteiger partial charge in [-0.05, 0) is 53.4 Å². The number of halogens is 1. The molecular weight excluding hydrogens is 304 g/mol. The van der Waals surface area contributed by atoms with Gasteiger partial charge >= 0.3 is 0 Å². The van der Waals surface area contributed by atoms with Crippen molar-refractivity contribution < 1.29 is 0 Å². The largest absolute Gasteiger partial charge is 0.309 e. The minimum Gasteiger partial charge on any atom is -0.309 e. The Kier molecular flexibility index (Phi) is 4.49. The van der Waals surface area contributed by atoms with Gasteiger partial charge in [-0.15, -0.1) is 0 Å². The van der Waals surface area contributed by atoms with Gasteiger partial charge in [0, 0.05) is 5.92 Å². The summed E-state index contributed by atoms with van der Waals surface area (Å²) in [5, 5.41) is 0. The van der Waals surface area contributed by atoms with Crippen molar-refractivity contribution in [2.75, 3.05) is 0 Å². The summed E-state index contributed by atoms with van der Waals surface area (Å²) in [6.07, 6.45) is 6.54. The van der Waals surface area contributed by atoms with E-state index in [9.17, 15) is 4.79 Å². The first-order chi connectivity index (χ1) is 8.93. The molecule has 106 valence electrons. The molecule has 0 unspecified atom stereocenters. The molecule has 0 amide bonds. The second-order valence-corrected chi connectivity index (χ2v) is 7.19. The number of aryl methyl sites for hydroxylation is 1. The van der Waals surface area contributed by atoms with Crippen molar-refractivity contribution in [2.45, 2.75) is 65.2 Å². The van der Waals surface area contributed by atoms with Crippen LogP contribution >= 0.6 is 15.9 Å². The van der Waals surface area contributed by atoms with Gasteiger partial charge in [0.05, 0.1) is 5.69 Å². The highest BCUT2D eigenvalue weighted by atomic mass is 79.9. The van der Waals surface area contributed by atoms with E-state index in [1.54, 1.807) is 0 Å². The number of hydrogen-bond donors (Lipinski definition) is 1. The number of nitrogens with zero attached hydrogens (tertiary/aromatic N) is 1. The maximum Gasteiger partial charge on any atom is 0.265 e. The van der Waals surface area contributed by atoms with Crippen LogP contribution < -0.4 is 5.56 Å². The van der Waals surface area contributed by atoms with Crippen LogP contribution in [0.15, 0.2) is 9.27 Å². The van der Waals surface area contributed by atoms with Crippen LogP contribution in [0.2, 0.25) is 0 Å². The molecule has 1 heterocycles. The number of aromatic nitrogens is 2. The summed E-state index contributed by atoms with van der Waals surface area (Å²) in [4.78, 5) is 19.6. The molecule has 1 aliphatic carbocycles. The fourth-order valence-electron chi connectivity index (χ4n) is 2.79. The van der Waals surface area contributed by atoms with Crippen LogP contribution in [0.3, 0.4) is 0 Å². The Morgan fingerprint density at radius 2 is 2.00 bits per heavy atom. The van der Waals surface area contributed by atoms with Crippen LogP contribution in [0, 0.1) is 5.41 Å². The van der Waals surface area contributed by atoms with E-state index in [1.165, 1.54) is 12.8 Å². The Morgan fingerprint density at radius 1 is 1.37 bits per heavy atom. The highest BCUT2D eigenvalue weighted by Gasteiger charge is 2.29. The zero-order chi connectivity index (χ0) is 14.0. The molecule has 4 heteroatoms. The van der Waals surface area contributed by atoms with Gasteiger partial charge < -0.3 is 4.98 Å². The first kappa shape index (κ1) is 14.8. The molecule has 0 saturated heterocycles. The highest BCUT2D eigenvalue weighted by Crippen LogP contribution is 2.41. The van der Waals surface area contributed by atoms with E-state index in [0.717, 1.165) is 37.2 Å². The third-order valence-corrected chi connectivity index (χ3v) is 4.98. The molecule has 1 saturated carbocycles. The third-order valence-electron chi connectivity index (χ3n) is 4.16. The normalized spacial score (nSPS) is 19.6. The fraction of sp³-hybridized carbons (Fsp3) is 0.733. The molecule has 0 spiro atoms. The number of H-pyrrole nitrogens is 1. The number of aromatic amines is 1. The van der Waals surface area contributed by atoms with Crippen LogP contribution in [0.1, 0.15) is 70.3 Å². The minimum absolute atomic E-state index is 0.0294. The zero-order valence-electron chi connectivity index (χ0n) is 12.1. The molecule has 1 fully saturated rings. The average Bonchev–Trinajstić information content (AvgIpc) is 2.35. The standard InChI is InChI=1S/C15H23BrN2O/c1-4-5-11-12(16)14(19)18-13(17-11)10-6-8-15(2,3)9-7-10/h10H,4-9H2,1-3H3,(H,17,18,19). The van der Waals surface area contributed by atoms with Crippen molar-refractivity contribution >= 4 is 15.9 Å². The maximum absolute atomic E-state index is 12.0. The first-order valence-electron chi connectivity index (χ1n) is 7.21. The lowest BCUT2D eigenvalue weighted by Gasteiger charge is -2.33. The molecule has 2 rings (SSSR count). The molecular formula is C15H23BrN2O. The molecule has 0 aliphatic heterocycles. The van der Waals surface area contributed by atoms with Gasteiger partial charge in [-0.2, -0.15) is 0 Å². The van der Waals surface area contributed by atoms with Crippen LogP contribution in [-0.4, -0.2) is 9.97 Å². The van der Waals surface area contributed by atoms with Crippen LogP contribution in [0.4, 0.5) is 0 Å². The Morgan fingerprint density at radius 3 is 2.58 bits per heavy atom. The van der Waals surface area contributed by atoms with Gasteiger partial charge in [-0.3, -0.25) is 4.79 Å². The predicted molar refractivity (Wildman–Crippen MR) is 81.5 cm³/mol. The molecule has 0 radical (unpaired) electrons. The quantitative estimate of drug-likeness (QED) is 0.906. The van der Waals surface area contributed by atoms with Crippen molar-refractivity contribution in [2.24, 2.45) is 5.41 Å². The lowest BCUT2D eigenvalue weighted by atomic mass is 9.73. The Hall–Kier alpha value is -0.640. The molecule has 1 aliphatic rings. The van der Waals surface area contributed by atoms with Gasteiger partial charge in [0.15, 0.2) is 0 Å². The third kappa shape index (κ3) is 3.47.